The van der Waals surface area contributed by atoms with Crippen LogP contribution in [0.25, 0.3) is 28.1 Å². The van der Waals surface area contributed by atoms with Crippen molar-refractivity contribution in [3.8, 4) is 0 Å². The summed E-state index contributed by atoms with van der Waals surface area (Å²) in [6, 6.07) is 20.9. The first-order chi connectivity index (χ1) is 19.3. The number of sulfone groups is 1. The van der Waals surface area contributed by atoms with Crippen molar-refractivity contribution in [3.63, 3.8) is 0 Å². The number of nitrogens with zero attached hydrogens (tertiary/aromatic N) is 2. The predicted octanol–water partition coefficient (Wildman–Crippen LogP) is 6.61. The van der Waals surface area contributed by atoms with Crippen LogP contribution >= 0.6 is 0 Å². The summed E-state index contributed by atoms with van der Waals surface area (Å²) in [6.45, 7) is 2.75. The van der Waals surface area contributed by atoms with Crippen LogP contribution < -0.4 is 0 Å². The van der Waals surface area contributed by atoms with Gasteiger partial charge in [0, 0.05) is 24.3 Å². The molecule has 1 fully saturated rings. The molecule has 8 heteroatoms. The van der Waals surface area contributed by atoms with Gasteiger partial charge >= 0.3 is 5.97 Å². The summed E-state index contributed by atoms with van der Waals surface area (Å²) in [5.74, 6) is -1.01. The predicted molar refractivity (Wildman–Crippen MR) is 157 cm³/mol. The van der Waals surface area contributed by atoms with E-state index in [9.17, 15) is 13.2 Å². The number of carbonyl (C=O) groups is 1. The van der Waals surface area contributed by atoms with E-state index in [0.717, 1.165) is 70.7 Å². The first-order valence-corrected chi connectivity index (χ1v) is 15.3. The molecule has 4 aromatic rings. The summed E-state index contributed by atoms with van der Waals surface area (Å²) in [6.07, 6.45) is 9.34. The maximum Gasteiger partial charge on any atom is 0.328 e. The lowest BCUT2D eigenvalue weighted by Crippen LogP contribution is -2.18. The third kappa shape index (κ3) is 5.78. The fourth-order valence-corrected chi connectivity index (χ4v) is 6.26. The number of ether oxygens (including phenoxy) is 1. The third-order valence-corrected chi connectivity index (χ3v) is 8.35. The Morgan fingerprint density at radius 2 is 1.82 bits per heavy atom. The van der Waals surface area contributed by atoms with Gasteiger partial charge in [-0.05, 0) is 83.4 Å². The average Bonchev–Trinajstić information content (AvgIpc) is 3.38. The lowest BCUT2D eigenvalue weighted by molar-refractivity contribution is -0.131. The molecule has 0 saturated carbocycles. The molecule has 5 rings (SSSR count). The van der Waals surface area contributed by atoms with E-state index in [0.29, 0.717) is 12.0 Å². The number of benzene rings is 3. The second-order valence-corrected chi connectivity index (χ2v) is 11.9. The first kappa shape index (κ1) is 27.6. The van der Waals surface area contributed by atoms with Crippen molar-refractivity contribution in [1.82, 2.24) is 9.78 Å². The molecule has 0 bridgehead atoms. The highest BCUT2D eigenvalue weighted by molar-refractivity contribution is 7.90. The molecule has 0 spiro atoms. The van der Waals surface area contributed by atoms with Crippen molar-refractivity contribution in [3.05, 3.63) is 101 Å². The van der Waals surface area contributed by atoms with Gasteiger partial charge in [0.1, 0.15) is 0 Å². The number of allylic oxidation sites excluding steroid dienone is 1. The largest absolute Gasteiger partial charge is 0.478 e. The topological polar surface area (TPSA) is 98.5 Å². The monoisotopic (exact) mass is 556 g/mol. The lowest BCUT2D eigenvalue weighted by atomic mass is 9.87. The molecule has 1 unspecified atom stereocenters. The van der Waals surface area contributed by atoms with Gasteiger partial charge in [-0.1, -0.05) is 55.5 Å². The summed E-state index contributed by atoms with van der Waals surface area (Å²) < 4.78 is 33.5. The summed E-state index contributed by atoms with van der Waals surface area (Å²) in [5.41, 5.74) is 6.06. The van der Waals surface area contributed by atoms with E-state index >= 15 is 0 Å². The van der Waals surface area contributed by atoms with Crippen molar-refractivity contribution in [2.75, 3.05) is 12.9 Å². The normalized spacial score (nSPS) is 16.8. The quantitative estimate of drug-likeness (QED) is 0.194. The number of carboxylic acids is 1. The number of fused-ring (bicyclic) bond motifs is 1. The maximum absolute atomic E-state index is 12.8. The SMILES string of the molecule is CC/C(=C(/c1ccc(/C=C/C(=O)O)cc1)c1ccc2c(cnn2C2CCCCO2)c1)c1ccccc1S(C)(=O)=O. The fourth-order valence-electron chi connectivity index (χ4n) is 5.34. The summed E-state index contributed by atoms with van der Waals surface area (Å²) in [7, 11) is -3.48. The molecule has 3 aromatic carbocycles. The average molecular weight is 557 g/mol. The van der Waals surface area contributed by atoms with E-state index in [1.165, 1.54) is 6.26 Å². The molecule has 2 heterocycles. The van der Waals surface area contributed by atoms with Gasteiger partial charge in [0.05, 0.1) is 16.6 Å². The molecular formula is C32H32N2O5S. The van der Waals surface area contributed by atoms with Crippen LogP contribution in [0, 0.1) is 0 Å². The zero-order valence-electron chi connectivity index (χ0n) is 22.6. The van der Waals surface area contributed by atoms with Crippen LogP contribution in [0.3, 0.4) is 0 Å². The summed E-state index contributed by atoms with van der Waals surface area (Å²) in [4.78, 5) is 11.3. The molecule has 0 radical (unpaired) electrons. The number of aromatic nitrogens is 2. The molecule has 1 aromatic heterocycles. The van der Waals surface area contributed by atoms with Crippen LogP contribution in [-0.4, -0.2) is 42.1 Å². The van der Waals surface area contributed by atoms with Crippen molar-refractivity contribution in [2.45, 2.75) is 43.7 Å². The number of hydrogen-bond acceptors (Lipinski definition) is 5. The van der Waals surface area contributed by atoms with Crippen LogP contribution in [0.5, 0.6) is 0 Å². The van der Waals surface area contributed by atoms with Crippen LogP contribution in [-0.2, 0) is 19.4 Å². The van der Waals surface area contributed by atoms with Crippen LogP contribution in [0.4, 0.5) is 0 Å². The minimum Gasteiger partial charge on any atom is -0.478 e. The molecule has 1 saturated heterocycles. The number of aliphatic carboxylic acids is 1. The lowest BCUT2D eigenvalue weighted by Gasteiger charge is -2.23. The van der Waals surface area contributed by atoms with Gasteiger partial charge < -0.3 is 9.84 Å². The van der Waals surface area contributed by atoms with E-state index in [-0.39, 0.29) is 11.1 Å². The number of hydrogen-bond donors (Lipinski definition) is 1. The maximum atomic E-state index is 12.8. The first-order valence-electron chi connectivity index (χ1n) is 13.4. The molecule has 1 N–H and O–H groups in total. The van der Waals surface area contributed by atoms with Gasteiger partial charge in [-0.25, -0.2) is 17.9 Å². The standard InChI is InChI=1S/C32H32N2O5S/c1-3-26(27-8-4-5-9-29(27)40(2,37)38)32(23-14-11-22(12-15-23)13-18-31(35)36)24-16-17-28-25(20-24)21-33-34(28)30-10-6-7-19-39-30/h4-5,8-9,11-18,20-21,30H,3,6-7,10,19H2,1-2H3,(H,35,36)/b18-13+,32-26+. The van der Waals surface area contributed by atoms with Gasteiger partial charge in [0.25, 0.3) is 0 Å². The highest BCUT2D eigenvalue weighted by Crippen LogP contribution is 2.38. The van der Waals surface area contributed by atoms with Crippen LogP contribution in [0.1, 0.15) is 61.1 Å². The molecular weight excluding hydrogens is 524 g/mol. The summed E-state index contributed by atoms with van der Waals surface area (Å²) in [5, 5.41) is 14.6. The van der Waals surface area contributed by atoms with E-state index in [1.807, 2.05) is 54.2 Å². The second kappa shape index (κ2) is 11.6. The summed E-state index contributed by atoms with van der Waals surface area (Å²) >= 11 is 0. The highest BCUT2D eigenvalue weighted by atomic mass is 32.2. The molecule has 1 atom stereocenters. The number of rotatable bonds is 8. The van der Waals surface area contributed by atoms with Crippen molar-refractivity contribution in [2.24, 2.45) is 0 Å². The number of carboxylic acid groups (broad SMARTS) is 1. The zero-order chi connectivity index (χ0) is 28.3. The Morgan fingerprint density at radius 3 is 2.50 bits per heavy atom. The molecule has 0 amide bonds. The van der Waals surface area contributed by atoms with Gasteiger partial charge in [-0.15, -0.1) is 0 Å². The molecule has 40 heavy (non-hydrogen) atoms. The minimum atomic E-state index is -3.48. The Labute approximate surface area is 234 Å². The van der Waals surface area contributed by atoms with Gasteiger partial charge in [-0.2, -0.15) is 5.10 Å². The molecule has 1 aliphatic heterocycles. The van der Waals surface area contributed by atoms with Crippen LogP contribution in [0.15, 0.2) is 83.9 Å². The second-order valence-electron chi connectivity index (χ2n) is 9.95. The Balaban J connectivity index is 1.70. The minimum absolute atomic E-state index is 0.0774. The van der Waals surface area contributed by atoms with E-state index in [4.69, 9.17) is 9.84 Å². The van der Waals surface area contributed by atoms with E-state index in [2.05, 4.69) is 23.3 Å². The molecule has 0 aliphatic carbocycles. The fraction of sp³-hybridized carbons (Fsp3) is 0.250. The Bertz CT molecular complexity index is 1710. The Hall–Kier alpha value is -4.01. The van der Waals surface area contributed by atoms with Crippen molar-refractivity contribution in [1.29, 1.82) is 0 Å². The Kier molecular flexibility index (Phi) is 8.00. The molecule has 7 nitrogen and oxygen atoms in total. The molecule has 1 aliphatic rings. The van der Waals surface area contributed by atoms with Crippen molar-refractivity contribution >= 4 is 43.9 Å². The van der Waals surface area contributed by atoms with E-state index < -0.39 is 15.8 Å². The molecule has 206 valence electrons. The third-order valence-electron chi connectivity index (χ3n) is 7.20. The van der Waals surface area contributed by atoms with Gasteiger partial charge in [0.2, 0.25) is 0 Å². The highest BCUT2D eigenvalue weighted by Gasteiger charge is 2.22. The zero-order valence-corrected chi connectivity index (χ0v) is 23.4. The smallest absolute Gasteiger partial charge is 0.328 e. The Morgan fingerprint density at radius 1 is 1.07 bits per heavy atom. The van der Waals surface area contributed by atoms with Crippen molar-refractivity contribution < 1.29 is 23.1 Å². The van der Waals surface area contributed by atoms with Gasteiger partial charge in [-0.3, -0.25) is 0 Å². The van der Waals surface area contributed by atoms with E-state index in [1.54, 1.807) is 18.2 Å². The van der Waals surface area contributed by atoms with Gasteiger partial charge in [0.15, 0.2) is 16.1 Å². The van der Waals surface area contributed by atoms with Crippen LogP contribution in [0.2, 0.25) is 0 Å².